The third-order valence-corrected chi connectivity index (χ3v) is 4.79. The van der Waals surface area contributed by atoms with E-state index in [9.17, 15) is 14.4 Å². The van der Waals surface area contributed by atoms with Crippen molar-refractivity contribution in [1.82, 2.24) is 10.2 Å². The predicted octanol–water partition coefficient (Wildman–Crippen LogP) is 3.09. The molecule has 2 aromatic carbocycles. The summed E-state index contributed by atoms with van der Waals surface area (Å²) >= 11 is 0. The molecule has 2 aromatic rings. The van der Waals surface area contributed by atoms with E-state index in [1.807, 2.05) is 24.3 Å². The van der Waals surface area contributed by atoms with E-state index < -0.39 is 6.04 Å². The van der Waals surface area contributed by atoms with Gasteiger partial charge in [-0.05, 0) is 41.3 Å². The van der Waals surface area contributed by atoms with Gasteiger partial charge >= 0.3 is 0 Å². The first kappa shape index (κ1) is 22.9. The van der Waals surface area contributed by atoms with Crippen molar-refractivity contribution in [2.75, 3.05) is 26.0 Å². The number of hydrogen-bond acceptors (Lipinski definition) is 4. The van der Waals surface area contributed by atoms with Gasteiger partial charge in [-0.15, -0.1) is 0 Å². The second-order valence-corrected chi connectivity index (χ2v) is 7.36. The van der Waals surface area contributed by atoms with Crippen LogP contribution in [0, 0.1) is 0 Å². The monoisotopic (exact) mass is 411 g/mol. The van der Waals surface area contributed by atoms with Crippen LogP contribution >= 0.6 is 0 Å². The largest absolute Gasteiger partial charge is 0.497 e. The number of hydrogen-bond donors (Lipinski definition) is 2. The highest BCUT2D eigenvalue weighted by molar-refractivity contribution is 5.98. The maximum Gasteiger partial charge on any atom is 0.251 e. The Hall–Kier alpha value is -3.35. The summed E-state index contributed by atoms with van der Waals surface area (Å²) < 4.78 is 5.18. The minimum atomic E-state index is -0.873. The Kier molecular flexibility index (Phi) is 7.98. The fourth-order valence-electron chi connectivity index (χ4n) is 2.97. The first-order valence-corrected chi connectivity index (χ1v) is 9.77. The number of amides is 3. The van der Waals surface area contributed by atoms with Crippen LogP contribution in [0.25, 0.3) is 0 Å². The lowest BCUT2D eigenvalue weighted by atomic mass is 10.0. The van der Waals surface area contributed by atoms with E-state index in [-0.39, 0.29) is 24.3 Å². The molecule has 0 unspecified atom stereocenters. The highest BCUT2D eigenvalue weighted by atomic mass is 16.5. The van der Waals surface area contributed by atoms with Gasteiger partial charge in [0.1, 0.15) is 11.8 Å². The Labute approximate surface area is 177 Å². The first-order chi connectivity index (χ1) is 14.2. The van der Waals surface area contributed by atoms with Gasteiger partial charge in [0.25, 0.3) is 5.91 Å². The van der Waals surface area contributed by atoms with Crippen LogP contribution in [0.5, 0.6) is 5.75 Å². The Morgan fingerprint density at radius 1 is 0.967 bits per heavy atom. The van der Waals surface area contributed by atoms with E-state index in [0.29, 0.717) is 22.9 Å². The van der Waals surface area contributed by atoms with Gasteiger partial charge in [-0.25, -0.2) is 0 Å². The Morgan fingerprint density at radius 3 is 2.03 bits per heavy atom. The molecular formula is C23H29N3O4. The van der Waals surface area contributed by atoms with Crippen molar-refractivity contribution >= 4 is 23.4 Å². The third-order valence-electron chi connectivity index (χ3n) is 4.79. The zero-order chi connectivity index (χ0) is 22.3. The number of nitrogens with one attached hydrogen (secondary N) is 2. The normalized spacial score (nSPS) is 11.5. The van der Waals surface area contributed by atoms with Crippen LogP contribution in [0.2, 0.25) is 0 Å². The molecule has 0 saturated carbocycles. The van der Waals surface area contributed by atoms with Gasteiger partial charge in [-0.2, -0.15) is 0 Å². The average molecular weight is 412 g/mol. The van der Waals surface area contributed by atoms with Crippen LogP contribution in [-0.2, 0) is 14.4 Å². The number of carbonyl (C=O) groups excluding carboxylic acids is 3. The minimum absolute atomic E-state index is 0.186. The van der Waals surface area contributed by atoms with Crippen LogP contribution in [0.4, 0.5) is 5.69 Å². The number of likely N-dealkylation sites (N-methyl/N-ethyl adjacent to an activating group) is 1. The molecule has 30 heavy (non-hydrogen) atoms. The Balaban J connectivity index is 2.27. The molecule has 7 heteroatoms. The van der Waals surface area contributed by atoms with Crippen LogP contribution < -0.4 is 15.4 Å². The molecule has 0 saturated heterocycles. The molecule has 3 amide bonds. The molecule has 0 aliphatic carbocycles. The molecule has 0 aromatic heterocycles. The standard InChI is InChI=1S/C23H29N3O4/c1-15(2)17-6-10-19(11-7-17)25-23(29)22(18-8-12-20(30-5)13-9-18)26(4)21(28)14-24-16(3)27/h6-13,15,22H,14H2,1-5H3,(H,24,27)(H,25,29)/t22-/m0/s1. The molecule has 1 atom stereocenters. The van der Waals surface area contributed by atoms with Gasteiger partial charge in [0.15, 0.2) is 0 Å². The minimum Gasteiger partial charge on any atom is -0.497 e. The van der Waals surface area contributed by atoms with Crippen LogP contribution in [0.1, 0.15) is 43.9 Å². The summed E-state index contributed by atoms with van der Waals surface area (Å²) in [5.41, 5.74) is 2.44. The van der Waals surface area contributed by atoms with Crippen molar-refractivity contribution in [3.63, 3.8) is 0 Å². The number of carbonyl (C=O) groups is 3. The van der Waals surface area contributed by atoms with E-state index in [2.05, 4.69) is 24.5 Å². The zero-order valence-electron chi connectivity index (χ0n) is 18.1. The molecule has 0 fully saturated rings. The van der Waals surface area contributed by atoms with Gasteiger partial charge in [0.05, 0.1) is 13.7 Å². The lowest BCUT2D eigenvalue weighted by Gasteiger charge is -2.28. The average Bonchev–Trinajstić information content (AvgIpc) is 2.72. The van der Waals surface area contributed by atoms with Crippen molar-refractivity contribution in [3.8, 4) is 5.75 Å². The molecule has 7 nitrogen and oxygen atoms in total. The lowest BCUT2D eigenvalue weighted by molar-refractivity contribution is -0.137. The smallest absolute Gasteiger partial charge is 0.251 e. The van der Waals surface area contributed by atoms with Gasteiger partial charge in [0.2, 0.25) is 11.8 Å². The molecule has 0 aliphatic rings. The quantitative estimate of drug-likeness (QED) is 0.699. The molecule has 0 radical (unpaired) electrons. The van der Waals surface area contributed by atoms with E-state index in [4.69, 9.17) is 4.74 Å². The number of rotatable bonds is 8. The third kappa shape index (κ3) is 6.07. The van der Waals surface area contributed by atoms with Gasteiger partial charge in [-0.3, -0.25) is 14.4 Å². The van der Waals surface area contributed by atoms with Crippen molar-refractivity contribution in [1.29, 1.82) is 0 Å². The molecule has 0 heterocycles. The predicted molar refractivity (Wildman–Crippen MR) is 116 cm³/mol. The van der Waals surface area contributed by atoms with Crippen LogP contribution in [0.15, 0.2) is 48.5 Å². The fraction of sp³-hybridized carbons (Fsp3) is 0.348. The summed E-state index contributed by atoms with van der Waals surface area (Å²) in [6.07, 6.45) is 0. The summed E-state index contributed by atoms with van der Waals surface area (Å²) in [4.78, 5) is 38.2. The maximum absolute atomic E-state index is 13.1. The van der Waals surface area contributed by atoms with Crippen molar-refractivity contribution < 1.29 is 19.1 Å². The molecule has 0 bridgehead atoms. The Morgan fingerprint density at radius 2 is 1.53 bits per heavy atom. The van der Waals surface area contributed by atoms with Crippen LogP contribution in [0.3, 0.4) is 0 Å². The van der Waals surface area contributed by atoms with Crippen molar-refractivity contribution in [3.05, 3.63) is 59.7 Å². The number of methoxy groups -OCH3 is 1. The zero-order valence-corrected chi connectivity index (χ0v) is 18.1. The SMILES string of the molecule is COc1ccc([C@@H](C(=O)Nc2ccc(C(C)C)cc2)N(C)C(=O)CNC(C)=O)cc1. The highest BCUT2D eigenvalue weighted by Crippen LogP contribution is 2.25. The second kappa shape index (κ2) is 10.4. The summed E-state index contributed by atoms with van der Waals surface area (Å²) in [6, 6.07) is 13.7. The maximum atomic E-state index is 13.1. The van der Waals surface area contributed by atoms with E-state index in [1.54, 1.807) is 38.4 Å². The molecule has 0 spiro atoms. The molecule has 2 rings (SSSR count). The summed E-state index contributed by atoms with van der Waals surface area (Å²) in [6.45, 7) is 5.35. The number of benzene rings is 2. The summed E-state index contributed by atoms with van der Waals surface area (Å²) in [7, 11) is 3.10. The summed E-state index contributed by atoms with van der Waals surface area (Å²) in [5, 5.41) is 5.36. The van der Waals surface area contributed by atoms with E-state index >= 15 is 0 Å². The molecular weight excluding hydrogens is 382 g/mol. The number of nitrogens with zero attached hydrogens (tertiary/aromatic N) is 1. The number of anilines is 1. The second-order valence-electron chi connectivity index (χ2n) is 7.36. The molecule has 0 aliphatic heterocycles. The Bertz CT molecular complexity index is 876. The fourth-order valence-corrected chi connectivity index (χ4v) is 2.97. The number of ether oxygens (including phenoxy) is 1. The summed E-state index contributed by atoms with van der Waals surface area (Å²) in [5.74, 6) is -0.00589. The first-order valence-electron chi connectivity index (χ1n) is 9.77. The molecule has 2 N–H and O–H groups in total. The van der Waals surface area contributed by atoms with Gasteiger partial charge < -0.3 is 20.3 Å². The highest BCUT2D eigenvalue weighted by Gasteiger charge is 2.29. The lowest BCUT2D eigenvalue weighted by Crippen LogP contribution is -2.43. The van der Waals surface area contributed by atoms with Gasteiger partial charge in [0, 0.05) is 19.7 Å². The van der Waals surface area contributed by atoms with Crippen molar-refractivity contribution in [2.24, 2.45) is 0 Å². The topological polar surface area (TPSA) is 87.7 Å². The van der Waals surface area contributed by atoms with Gasteiger partial charge in [-0.1, -0.05) is 38.1 Å². The molecule has 160 valence electrons. The van der Waals surface area contributed by atoms with Crippen molar-refractivity contribution in [2.45, 2.75) is 32.7 Å². The van der Waals surface area contributed by atoms with Crippen LogP contribution in [-0.4, -0.2) is 43.3 Å². The van der Waals surface area contributed by atoms with E-state index in [1.165, 1.54) is 17.4 Å². The van der Waals surface area contributed by atoms with E-state index in [0.717, 1.165) is 0 Å².